The maximum atomic E-state index is 15.4. The number of Topliss-reactive ketones (excluding diaryl/α,β-unsaturated/α-hetero) is 1. The van der Waals surface area contributed by atoms with Crippen LogP contribution in [-0.4, -0.2) is 45.8 Å². The van der Waals surface area contributed by atoms with Gasteiger partial charge in [0.25, 0.3) is 0 Å². The van der Waals surface area contributed by atoms with Crippen molar-refractivity contribution in [3.05, 3.63) is 88.8 Å². The maximum Gasteiger partial charge on any atom is 0.247 e. The first-order valence-electron chi connectivity index (χ1n) is 12.5. The molecule has 40 heavy (non-hydrogen) atoms. The Morgan fingerprint density at radius 3 is 2.52 bits per heavy atom. The predicted molar refractivity (Wildman–Crippen MR) is 147 cm³/mol. The Kier molecular flexibility index (Phi) is 7.37. The fourth-order valence-electron chi connectivity index (χ4n) is 5.12. The number of nitrogens with zero attached hydrogens (tertiary/aromatic N) is 3. The average Bonchev–Trinajstić information content (AvgIpc) is 3.51. The van der Waals surface area contributed by atoms with E-state index in [-0.39, 0.29) is 47.7 Å². The maximum absolute atomic E-state index is 15.4. The summed E-state index contributed by atoms with van der Waals surface area (Å²) in [7, 11) is 0. The van der Waals surface area contributed by atoms with Crippen molar-refractivity contribution < 1.29 is 23.2 Å². The van der Waals surface area contributed by atoms with E-state index in [4.69, 9.17) is 11.6 Å². The number of amides is 2. The van der Waals surface area contributed by atoms with Crippen LogP contribution in [0.1, 0.15) is 29.3 Å². The molecular formula is C30H23ClF2N4O3. The lowest BCUT2D eigenvalue weighted by Crippen LogP contribution is -2.44. The summed E-state index contributed by atoms with van der Waals surface area (Å²) in [4.78, 5) is 40.0. The van der Waals surface area contributed by atoms with Crippen LogP contribution in [-0.2, 0) is 16.1 Å². The first-order valence-corrected chi connectivity index (χ1v) is 12.9. The lowest BCUT2D eigenvalue weighted by Gasteiger charge is -2.24. The molecule has 2 atom stereocenters. The van der Waals surface area contributed by atoms with Gasteiger partial charge in [-0.3, -0.25) is 14.4 Å². The van der Waals surface area contributed by atoms with Crippen LogP contribution in [0.3, 0.4) is 0 Å². The van der Waals surface area contributed by atoms with Crippen molar-refractivity contribution in [3.8, 4) is 17.2 Å². The Labute approximate surface area is 233 Å². The van der Waals surface area contributed by atoms with E-state index in [1.165, 1.54) is 29.8 Å². The van der Waals surface area contributed by atoms with Crippen LogP contribution in [0.5, 0.6) is 0 Å². The van der Waals surface area contributed by atoms with E-state index in [2.05, 4.69) is 11.4 Å². The highest BCUT2D eigenvalue weighted by molar-refractivity contribution is 6.33. The minimum absolute atomic E-state index is 0.122. The fourth-order valence-corrected chi connectivity index (χ4v) is 5.36. The molecule has 1 saturated heterocycles. The van der Waals surface area contributed by atoms with E-state index >= 15 is 4.39 Å². The monoisotopic (exact) mass is 560 g/mol. The van der Waals surface area contributed by atoms with Crippen molar-refractivity contribution in [2.24, 2.45) is 0 Å². The van der Waals surface area contributed by atoms with Crippen molar-refractivity contribution in [2.45, 2.75) is 32.1 Å². The minimum atomic E-state index is -1.45. The standard InChI is InChI=1S/C30H23ClF2N4O3/c1-17(38)22-15-36(25-11-4-6-18(13-34)28(22)25)16-27(39)37-14-19(32)12-26(37)30(40)35-24-10-5-8-21(29(24)33)20-7-2-3-9-23(20)31/h2-11,15,19,26H,12,14,16H2,1H3,(H,35,40)/t19-,26+/m1/s1. The Bertz CT molecular complexity index is 1710. The highest BCUT2D eigenvalue weighted by atomic mass is 35.5. The van der Waals surface area contributed by atoms with Gasteiger partial charge in [0.05, 0.1) is 29.4 Å². The largest absolute Gasteiger partial charge is 0.337 e. The van der Waals surface area contributed by atoms with Gasteiger partial charge in [0, 0.05) is 39.7 Å². The molecule has 1 aliphatic heterocycles. The zero-order valence-corrected chi connectivity index (χ0v) is 22.1. The van der Waals surface area contributed by atoms with E-state index < -0.39 is 29.8 Å². The molecule has 1 aliphatic rings. The number of nitriles is 1. The molecule has 1 N–H and O–H groups in total. The third-order valence-corrected chi connectivity index (χ3v) is 7.33. The van der Waals surface area contributed by atoms with Crippen LogP contribution < -0.4 is 5.32 Å². The number of aromatic nitrogens is 1. The summed E-state index contributed by atoms with van der Waals surface area (Å²) >= 11 is 6.22. The van der Waals surface area contributed by atoms with Crippen molar-refractivity contribution in [3.63, 3.8) is 0 Å². The van der Waals surface area contributed by atoms with Gasteiger partial charge in [-0.2, -0.15) is 5.26 Å². The topological polar surface area (TPSA) is 95.2 Å². The molecule has 2 heterocycles. The van der Waals surface area contributed by atoms with Gasteiger partial charge in [-0.25, -0.2) is 8.78 Å². The highest BCUT2D eigenvalue weighted by Gasteiger charge is 2.40. The van der Waals surface area contributed by atoms with Crippen LogP contribution in [0.25, 0.3) is 22.0 Å². The molecule has 4 aromatic rings. The van der Waals surface area contributed by atoms with Gasteiger partial charge in [0.2, 0.25) is 11.8 Å². The van der Waals surface area contributed by atoms with Crippen LogP contribution in [0.4, 0.5) is 14.5 Å². The summed E-state index contributed by atoms with van der Waals surface area (Å²) < 4.78 is 31.5. The number of carbonyl (C=O) groups is 3. The van der Waals surface area contributed by atoms with Gasteiger partial charge in [0.1, 0.15) is 18.8 Å². The van der Waals surface area contributed by atoms with E-state index in [0.717, 1.165) is 4.90 Å². The van der Waals surface area contributed by atoms with Crippen molar-refractivity contribution >= 4 is 45.8 Å². The molecule has 5 rings (SSSR count). The third-order valence-electron chi connectivity index (χ3n) is 7.01. The molecule has 2 amide bonds. The molecule has 0 saturated carbocycles. The van der Waals surface area contributed by atoms with E-state index in [0.29, 0.717) is 21.5 Å². The fraction of sp³-hybridized carbons (Fsp3) is 0.200. The summed E-state index contributed by atoms with van der Waals surface area (Å²) in [6.07, 6.45) is -0.203. The number of rotatable bonds is 6. The van der Waals surface area contributed by atoms with Gasteiger partial charge in [-0.15, -0.1) is 0 Å². The number of hydrogen-bond acceptors (Lipinski definition) is 4. The number of fused-ring (bicyclic) bond motifs is 1. The Morgan fingerprint density at radius 2 is 1.80 bits per heavy atom. The summed E-state index contributed by atoms with van der Waals surface area (Å²) in [6.45, 7) is 0.774. The molecule has 1 aromatic heterocycles. The molecule has 0 radical (unpaired) electrons. The molecule has 0 bridgehead atoms. The van der Waals surface area contributed by atoms with Crippen molar-refractivity contribution in [1.29, 1.82) is 5.26 Å². The molecule has 10 heteroatoms. The smallest absolute Gasteiger partial charge is 0.247 e. The van der Waals surface area contributed by atoms with Gasteiger partial charge in [-0.05, 0) is 31.2 Å². The highest BCUT2D eigenvalue weighted by Crippen LogP contribution is 2.33. The number of nitrogens with one attached hydrogen (secondary N) is 1. The number of likely N-dealkylation sites (tertiary alicyclic amines) is 1. The number of hydrogen-bond donors (Lipinski definition) is 1. The number of carbonyl (C=O) groups excluding carboxylic acids is 3. The van der Waals surface area contributed by atoms with E-state index in [9.17, 15) is 24.0 Å². The summed E-state index contributed by atoms with van der Waals surface area (Å²) in [5.41, 5.74) is 1.58. The lowest BCUT2D eigenvalue weighted by molar-refractivity contribution is -0.137. The molecule has 0 aliphatic carbocycles. The van der Waals surface area contributed by atoms with Gasteiger partial charge in [-0.1, -0.05) is 48.0 Å². The Balaban J connectivity index is 1.40. The van der Waals surface area contributed by atoms with Crippen molar-refractivity contribution in [1.82, 2.24) is 9.47 Å². The SMILES string of the molecule is CC(=O)c1cn(CC(=O)N2C[C@H](F)C[C@H]2C(=O)Nc2cccc(-c3ccccc3Cl)c2F)c2cccc(C#N)c12. The molecular weight excluding hydrogens is 538 g/mol. The Hall–Kier alpha value is -4.55. The second kappa shape index (κ2) is 10.9. The molecule has 3 aromatic carbocycles. The van der Waals surface area contributed by atoms with Crippen LogP contribution in [0.2, 0.25) is 5.02 Å². The predicted octanol–water partition coefficient (Wildman–Crippen LogP) is 5.75. The van der Waals surface area contributed by atoms with E-state index in [1.54, 1.807) is 48.5 Å². The summed E-state index contributed by atoms with van der Waals surface area (Å²) in [5, 5.41) is 12.8. The average molecular weight is 561 g/mol. The van der Waals surface area contributed by atoms with Crippen LogP contribution >= 0.6 is 11.6 Å². The number of ketones is 1. The number of anilines is 1. The van der Waals surface area contributed by atoms with Gasteiger partial charge >= 0.3 is 0 Å². The molecule has 0 unspecified atom stereocenters. The first-order chi connectivity index (χ1) is 19.2. The first kappa shape index (κ1) is 27.0. The van der Waals surface area contributed by atoms with Gasteiger partial charge in [0.15, 0.2) is 11.6 Å². The number of benzene rings is 3. The summed E-state index contributed by atoms with van der Waals surface area (Å²) in [6, 6.07) is 17.0. The Morgan fingerprint density at radius 1 is 1.07 bits per heavy atom. The zero-order valence-electron chi connectivity index (χ0n) is 21.3. The zero-order chi connectivity index (χ0) is 28.6. The summed E-state index contributed by atoms with van der Waals surface area (Å²) in [5.74, 6) is -2.26. The molecule has 7 nitrogen and oxygen atoms in total. The molecule has 1 fully saturated rings. The quantitative estimate of drug-likeness (QED) is 0.304. The number of alkyl halides is 1. The molecule has 202 valence electrons. The minimum Gasteiger partial charge on any atom is -0.337 e. The number of halogens is 3. The van der Waals surface area contributed by atoms with Crippen LogP contribution in [0, 0.1) is 17.1 Å². The lowest BCUT2D eigenvalue weighted by atomic mass is 10.0. The van der Waals surface area contributed by atoms with Crippen molar-refractivity contribution in [2.75, 3.05) is 11.9 Å². The third kappa shape index (κ3) is 4.94. The normalized spacial score (nSPS) is 16.6. The second-order valence-corrected chi connectivity index (χ2v) is 9.98. The van der Waals surface area contributed by atoms with Crippen LogP contribution in [0.15, 0.2) is 66.9 Å². The second-order valence-electron chi connectivity index (χ2n) is 9.57. The molecule has 0 spiro atoms. The van der Waals surface area contributed by atoms with E-state index in [1.807, 2.05) is 0 Å². The van der Waals surface area contributed by atoms with Gasteiger partial charge < -0.3 is 14.8 Å².